The first kappa shape index (κ1) is 36.7. The van der Waals surface area contributed by atoms with Gasteiger partial charge in [0.2, 0.25) is 0 Å². The van der Waals surface area contributed by atoms with E-state index in [1.54, 1.807) is 0 Å². The first-order valence-electron chi connectivity index (χ1n) is 18.1. The summed E-state index contributed by atoms with van der Waals surface area (Å²) in [4.78, 5) is 14.7. The van der Waals surface area contributed by atoms with E-state index in [-0.39, 0.29) is 17.1 Å². The predicted octanol–water partition coefficient (Wildman–Crippen LogP) is 10.1. The van der Waals surface area contributed by atoms with E-state index in [1.165, 1.54) is 154 Å². The maximum absolute atomic E-state index is 4.84. The summed E-state index contributed by atoms with van der Waals surface area (Å²) in [5, 5.41) is 0. The number of hydrogen-bond donors (Lipinski definition) is 0. The molecule has 0 spiro atoms. The molecule has 4 saturated carbocycles. The molecule has 0 aromatic rings. The molecule has 2 unspecified atom stereocenters. The van der Waals surface area contributed by atoms with Crippen molar-refractivity contribution in [3.05, 3.63) is 0 Å². The topological polar surface area (TPSA) is 31.2 Å². The van der Waals surface area contributed by atoms with Crippen LogP contribution >= 0.6 is 0 Å². The van der Waals surface area contributed by atoms with Crippen LogP contribution in [0.3, 0.4) is 0 Å². The minimum Gasteiger partial charge on any atom is -0.533 e. The molecule has 0 aromatic carbocycles. The molecule has 0 radical (unpaired) electrons. The zero-order valence-corrected chi connectivity index (χ0v) is 28.7. The van der Waals surface area contributed by atoms with Gasteiger partial charge in [0.15, 0.2) is 0 Å². The molecule has 0 aromatic heterocycles. The fourth-order valence-corrected chi connectivity index (χ4v) is 7.63. The first-order valence-corrected chi connectivity index (χ1v) is 18.1. The molecule has 4 aliphatic carbocycles. The van der Waals surface area contributed by atoms with Crippen molar-refractivity contribution in [2.45, 2.75) is 218 Å². The van der Waals surface area contributed by atoms with E-state index in [4.69, 9.17) is 9.98 Å². The van der Waals surface area contributed by atoms with E-state index in [2.05, 4.69) is 50.2 Å². The van der Waals surface area contributed by atoms with Gasteiger partial charge in [-0.3, -0.25) is 12.7 Å². The van der Waals surface area contributed by atoms with Gasteiger partial charge < -0.3 is 19.8 Å². The van der Waals surface area contributed by atoms with Crippen molar-refractivity contribution in [2.75, 3.05) is 0 Å². The van der Waals surface area contributed by atoms with Crippen molar-refractivity contribution in [1.29, 1.82) is 0 Å². The third kappa shape index (κ3) is 13.7. The van der Waals surface area contributed by atoms with Crippen LogP contribution < -0.4 is 0 Å². The molecule has 5 heteroatoms. The summed E-state index contributed by atoms with van der Waals surface area (Å²) < 4.78 is 0. The maximum atomic E-state index is 4.84. The van der Waals surface area contributed by atoms with E-state index in [0.29, 0.717) is 36.3 Å². The zero-order chi connectivity index (χ0) is 28.4. The van der Waals surface area contributed by atoms with E-state index in [1.807, 2.05) is 0 Å². The van der Waals surface area contributed by atoms with E-state index < -0.39 is 0 Å². The normalized spacial score (nSPS) is 23.5. The van der Waals surface area contributed by atoms with Crippen LogP contribution in [0, 0.1) is 0 Å². The molecule has 0 amide bonds. The molecule has 4 aliphatic rings. The fourth-order valence-electron chi connectivity index (χ4n) is 7.63. The summed E-state index contributed by atoms with van der Waals surface area (Å²) in [6.07, 6.45) is 39.3. The summed E-state index contributed by atoms with van der Waals surface area (Å²) >= 11 is 0. The van der Waals surface area contributed by atoms with Gasteiger partial charge in [0.25, 0.3) is 0 Å². The van der Waals surface area contributed by atoms with Crippen LogP contribution in [0.4, 0.5) is 0 Å². The Morgan fingerprint density at radius 3 is 1.10 bits per heavy atom. The molecule has 238 valence electrons. The van der Waals surface area contributed by atoms with Crippen LogP contribution in [-0.2, 0) is 17.1 Å². The third-order valence-corrected chi connectivity index (χ3v) is 10.2. The van der Waals surface area contributed by atoms with Gasteiger partial charge in [0, 0.05) is 12.1 Å². The van der Waals surface area contributed by atoms with Gasteiger partial charge in [-0.05, 0) is 102 Å². The Morgan fingerprint density at radius 2 is 0.805 bits per heavy atom. The van der Waals surface area contributed by atoms with Crippen LogP contribution in [0.25, 0.3) is 0 Å². The van der Waals surface area contributed by atoms with Crippen LogP contribution in [-0.4, -0.2) is 58.7 Å². The molecule has 0 saturated heterocycles. The molecule has 0 heterocycles. The van der Waals surface area contributed by atoms with Gasteiger partial charge in [0.1, 0.15) is 0 Å². The van der Waals surface area contributed by atoms with Gasteiger partial charge in [-0.1, -0.05) is 104 Å². The zero-order valence-electron chi connectivity index (χ0n) is 27.6. The van der Waals surface area contributed by atoms with Crippen LogP contribution in [0.1, 0.15) is 182 Å². The molecule has 0 aliphatic heterocycles. The van der Waals surface area contributed by atoms with Gasteiger partial charge >= 0.3 is 17.1 Å². The van der Waals surface area contributed by atoms with Crippen LogP contribution in [0.5, 0.6) is 0 Å². The standard InChI is InChI=1S/2C18H33N2.Fe/c2*1-3-10-16(2)20(18-13-8-5-9-14-18)15-19-17-11-6-4-7-12-17;/h2*16-18H,3-14H2,1-2H3;/q2*-1;+2. The van der Waals surface area contributed by atoms with Crippen molar-refractivity contribution in [3.8, 4) is 0 Å². The molecular weight excluding hydrogens is 544 g/mol. The van der Waals surface area contributed by atoms with E-state index >= 15 is 0 Å². The van der Waals surface area contributed by atoms with Gasteiger partial charge in [-0.25, -0.2) is 0 Å². The second kappa shape index (κ2) is 22.0. The van der Waals surface area contributed by atoms with Crippen molar-refractivity contribution in [1.82, 2.24) is 9.80 Å². The molecule has 0 bridgehead atoms. The number of hydrogen-bond acceptors (Lipinski definition) is 2. The Balaban J connectivity index is 0.000000280. The molecule has 4 nitrogen and oxygen atoms in total. The monoisotopic (exact) mass is 610 g/mol. The SMILES string of the molecule is CCCC(C)N([C-]=NC1CCCCC1)C1CCCCC1.CCCC(C)N([C-]=NC1CCCCC1)C1CCCCC1.[Fe+2]. The van der Waals surface area contributed by atoms with Gasteiger partial charge in [0.05, 0.1) is 0 Å². The summed E-state index contributed by atoms with van der Waals surface area (Å²) in [5.74, 6) is 0. The third-order valence-electron chi connectivity index (χ3n) is 10.2. The van der Waals surface area contributed by atoms with Crippen molar-refractivity contribution in [2.24, 2.45) is 9.98 Å². The number of rotatable bonds is 12. The largest absolute Gasteiger partial charge is 2.00 e. The number of aliphatic imine (C=N–C) groups is 2. The van der Waals surface area contributed by atoms with Gasteiger partial charge in [-0.2, -0.15) is 0 Å². The summed E-state index contributed by atoms with van der Waals surface area (Å²) in [6.45, 7) is 9.30. The maximum Gasteiger partial charge on any atom is 2.00 e. The summed E-state index contributed by atoms with van der Waals surface area (Å²) in [6, 6.07) is 3.74. The minimum atomic E-state index is 0. The average Bonchev–Trinajstić information content (AvgIpc) is 3.00. The first-order chi connectivity index (χ1) is 19.6. The summed E-state index contributed by atoms with van der Waals surface area (Å²) in [7, 11) is 0. The second-order valence-electron chi connectivity index (χ2n) is 13.7. The Hall–Kier alpha value is -0.541. The molecule has 2 atom stereocenters. The van der Waals surface area contributed by atoms with Crippen molar-refractivity contribution < 1.29 is 17.1 Å². The quantitative estimate of drug-likeness (QED) is 0.0724. The molecule has 4 rings (SSSR count). The minimum absolute atomic E-state index is 0. The van der Waals surface area contributed by atoms with E-state index in [0.717, 1.165) is 0 Å². The summed E-state index contributed by atoms with van der Waals surface area (Å²) in [5.41, 5.74) is 0. The predicted molar refractivity (Wildman–Crippen MR) is 175 cm³/mol. The molecule has 4 fully saturated rings. The smallest absolute Gasteiger partial charge is 0.533 e. The Bertz CT molecular complexity index is 615. The van der Waals surface area contributed by atoms with E-state index in [9.17, 15) is 0 Å². The van der Waals surface area contributed by atoms with Crippen LogP contribution in [0.15, 0.2) is 9.98 Å². The Labute approximate surface area is 266 Å². The molecule has 41 heavy (non-hydrogen) atoms. The Morgan fingerprint density at radius 1 is 0.512 bits per heavy atom. The molecule has 0 N–H and O–H groups in total. The fraction of sp³-hybridized carbons (Fsp3) is 0.944. The second-order valence-corrected chi connectivity index (χ2v) is 13.7. The van der Waals surface area contributed by atoms with Crippen molar-refractivity contribution >= 4 is 12.7 Å². The Kier molecular flexibility index (Phi) is 19.7. The van der Waals surface area contributed by atoms with Gasteiger partial charge in [-0.15, -0.1) is 0 Å². The number of nitrogens with zero attached hydrogens (tertiary/aromatic N) is 4. The van der Waals surface area contributed by atoms with Crippen molar-refractivity contribution in [3.63, 3.8) is 0 Å². The van der Waals surface area contributed by atoms with Crippen LogP contribution in [0.2, 0.25) is 0 Å². The average molecular weight is 611 g/mol. The molecular formula is C36H66FeN4.